The lowest BCUT2D eigenvalue weighted by Crippen LogP contribution is -2.49. The van der Waals surface area contributed by atoms with Gasteiger partial charge in [0.25, 0.3) is 5.91 Å². The normalized spacial score (nSPS) is 14.3. The number of imidazole rings is 1. The number of carbonyl (C=O) groups is 1. The first-order chi connectivity index (χ1) is 15.1. The number of benzene rings is 1. The first-order valence-electron chi connectivity index (χ1n) is 10.1. The van der Waals surface area contributed by atoms with E-state index in [1.807, 2.05) is 46.9 Å². The molecule has 0 spiro atoms. The van der Waals surface area contributed by atoms with Crippen molar-refractivity contribution in [1.29, 1.82) is 0 Å². The zero-order chi connectivity index (χ0) is 21.4. The van der Waals surface area contributed by atoms with E-state index in [0.717, 1.165) is 17.0 Å². The Balaban J connectivity index is 1.31. The molecule has 1 aliphatic heterocycles. The van der Waals surface area contributed by atoms with Crippen molar-refractivity contribution in [2.24, 2.45) is 0 Å². The largest absolute Gasteiger partial charge is 0.493 e. The van der Waals surface area contributed by atoms with Crippen molar-refractivity contribution in [2.75, 3.05) is 38.2 Å². The molecule has 9 heteroatoms. The van der Waals surface area contributed by atoms with Gasteiger partial charge in [-0.05, 0) is 19.1 Å². The molecule has 1 fully saturated rings. The van der Waals surface area contributed by atoms with Crippen LogP contribution in [0.25, 0.3) is 16.8 Å². The van der Waals surface area contributed by atoms with Crippen molar-refractivity contribution in [3.8, 4) is 11.6 Å². The van der Waals surface area contributed by atoms with Crippen LogP contribution < -0.4 is 9.64 Å². The van der Waals surface area contributed by atoms with Crippen LogP contribution in [0.5, 0.6) is 5.75 Å². The molecule has 158 valence electrons. The van der Waals surface area contributed by atoms with Gasteiger partial charge in [-0.1, -0.05) is 12.1 Å². The van der Waals surface area contributed by atoms with Crippen LogP contribution in [0.4, 0.5) is 5.82 Å². The van der Waals surface area contributed by atoms with E-state index in [1.165, 1.54) is 0 Å². The van der Waals surface area contributed by atoms with Crippen LogP contribution in [-0.4, -0.2) is 63.6 Å². The van der Waals surface area contributed by atoms with E-state index in [1.54, 1.807) is 25.7 Å². The summed E-state index contributed by atoms with van der Waals surface area (Å²) in [6.45, 7) is 4.39. The number of piperazine rings is 1. The summed E-state index contributed by atoms with van der Waals surface area (Å²) < 4.78 is 13.0. The van der Waals surface area contributed by atoms with Crippen molar-refractivity contribution in [3.05, 3.63) is 60.6 Å². The summed E-state index contributed by atoms with van der Waals surface area (Å²) in [5.41, 5.74) is 0.593. The lowest BCUT2D eigenvalue weighted by atomic mass is 10.2. The van der Waals surface area contributed by atoms with Gasteiger partial charge in [-0.15, -0.1) is 0 Å². The highest BCUT2D eigenvalue weighted by molar-refractivity contribution is 5.97. The summed E-state index contributed by atoms with van der Waals surface area (Å²) in [7, 11) is 1.59. The number of fused-ring (bicyclic) bond motifs is 1. The standard InChI is InChI=1S/C22H22N6O3/c1-15-24-19(13-20(25-15)28-7-6-23-14-28)26-8-10-27(11-9-26)22(29)18-12-16-4-3-5-17(30-2)21(16)31-18/h3-7,12-14H,8-11H2,1-2H3. The van der Waals surface area contributed by atoms with Gasteiger partial charge in [-0.2, -0.15) is 0 Å². The zero-order valence-corrected chi connectivity index (χ0v) is 17.4. The molecule has 0 saturated carbocycles. The van der Waals surface area contributed by atoms with Crippen molar-refractivity contribution >= 4 is 22.7 Å². The first kappa shape index (κ1) is 19.1. The Morgan fingerprint density at radius 2 is 1.90 bits per heavy atom. The second-order valence-corrected chi connectivity index (χ2v) is 7.37. The fraction of sp³-hybridized carbons (Fsp3) is 0.273. The molecule has 1 aromatic carbocycles. The molecule has 0 radical (unpaired) electrons. The Hall–Kier alpha value is -3.88. The average Bonchev–Trinajstić information content (AvgIpc) is 3.48. The van der Waals surface area contributed by atoms with E-state index >= 15 is 0 Å². The number of anilines is 1. The highest BCUT2D eigenvalue weighted by atomic mass is 16.5. The molecule has 1 saturated heterocycles. The summed E-state index contributed by atoms with van der Waals surface area (Å²) in [5, 5.41) is 0.852. The minimum atomic E-state index is -0.115. The molecule has 31 heavy (non-hydrogen) atoms. The number of carbonyl (C=O) groups excluding carboxylic acids is 1. The Bertz CT molecular complexity index is 1230. The number of furan rings is 1. The van der Waals surface area contributed by atoms with Crippen LogP contribution in [0.15, 0.2) is 53.5 Å². The zero-order valence-electron chi connectivity index (χ0n) is 17.4. The number of ether oxygens (including phenoxy) is 1. The van der Waals surface area contributed by atoms with Crippen molar-refractivity contribution in [3.63, 3.8) is 0 Å². The molecular weight excluding hydrogens is 396 g/mol. The Labute approximate surface area is 178 Å². The molecule has 0 unspecified atom stereocenters. The van der Waals surface area contributed by atoms with E-state index < -0.39 is 0 Å². The third-order valence-corrected chi connectivity index (χ3v) is 5.41. The Morgan fingerprint density at radius 1 is 1.10 bits per heavy atom. The summed E-state index contributed by atoms with van der Waals surface area (Å²) in [5.74, 6) is 3.14. The average molecular weight is 418 g/mol. The summed E-state index contributed by atoms with van der Waals surface area (Å²) >= 11 is 0. The number of para-hydroxylation sites is 1. The van der Waals surface area contributed by atoms with Gasteiger partial charge in [0.05, 0.1) is 7.11 Å². The Kier molecular flexibility index (Phi) is 4.78. The maximum Gasteiger partial charge on any atom is 0.289 e. The van der Waals surface area contributed by atoms with E-state index in [9.17, 15) is 4.79 Å². The van der Waals surface area contributed by atoms with Crippen LogP contribution in [-0.2, 0) is 0 Å². The van der Waals surface area contributed by atoms with Crippen LogP contribution in [0.3, 0.4) is 0 Å². The fourth-order valence-electron chi connectivity index (χ4n) is 3.82. The number of aryl methyl sites for hydroxylation is 1. The quantitative estimate of drug-likeness (QED) is 0.503. The molecule has 0 aliphatic carbocycles. The van der Waals surface area contributed by atoms with Gasteiger partial charge in [0.15, 0.2) is 17.1 Å². The van der Waals surface area contributed by atoms with E-state index in [0.29, 0.717) is 49.1 Å². The van der Waals surface area contributed by atoms with Gasteiger partial charge in [0.1, 0.15) is 23.8 Å². The Morgan fingerprint density at radius 3 is 2.65 bits per heavy atom. The number of hydrogen-bond acceptors (Lipinski definition) is 7. The molecule has 0 N–H and O–H groups in total. The first-order valence-corrected chi connectivity index (χ1v) is 10.1. The van der Waals surface area contributed by atoms with Gasteiger partial charge in [0.2, 0.25) is 0 Å². The molecule has 0 atom stereocenters. The lowest BCUT2D eigenvalue weighted by Gasteiger charge is -2.35. The predicted molar refractivity (Wildman–Crippen MR) is 115 cm³/mol. The van der Waals surface area contributed by atoms with Crippen LogP contribution in [0.1, 0.15) is 16.4 Å². The fourth-order valence-corrected chi connectivity index (χ4v) is 3.82. The lowest BCUT2D eigenvalue weighted by molar-refractivity contribution is 0.0716. The van der Waals surface area contributed by atoms with Crippen molar-refractivity contribution in [1.82, 2.24) is 24.4 Å². The predicted octanol–water partition coefficient (Wildman–Crippen LogP) is 2.69. The molecular formula is C22H22N6O3. The number of methoxy groups -OCH3 is 1. The topological polar surface area (TPSA) is 89.5 Å². The minimum Gasteiger partial charge on any atom is -0.493 e. The van der Waals surface area contributed by atoms with E-state index in [2.05, 4.69) is 19.9 Å². The molecule has 4 aromatic rings. The van der Waals surface area contributed by atoms with E-state index in [-0.39, 0.29) is 5.91 Å². The van der Waals surface area contributed by atoms with Crippen LogP contribution in [0, 0.1) is 6.92 Å². The smallest absolute Gasteiger partial charge is 0.289 e. The highest BCUT2D eigenvalue weighted by Gasteiger charge is 2.26. The third kappa shape index (κ3) is 3.58. The molecule has 9 nitrogen and oxygen atoms in total. The molecule has 1 amide bonds. The van der Waals surface area contributed by atoms with E-state index in [4.69, 9.17) is 9.15 Å². The molecule has 3 aromatic heterocycles. The maximum absolute atomic E-state index is 13.0. The number of nitrogens with zero attached hydrogens (tertiary/aromatic N) is 6. The maximum atomic E-state index is 13.0. The number of hydrogen-bond donors (Lipinski definition) is 0. The second-order valence-electron chi connectivity index (χ2n) is 7.37. The van der Waals surface area contributed by atoms with Crippen molar-refractivity contribution in [2.45, 2.75) is 6.92 Å². The van der Waals surface area contributed by atoms with Crippen LogP contribution in [0.2, 0.25) is 0 Å². The number of aromatic nitrogens is 4. The molecule has 4 heterocycles. The van der Waals surface area contributed by atoms with Gasteiger partial charge in [-0.25, -0.2) is 15.0 Å². The molecule has 5 rings (SSSR count). The third-order valence-electron chi connectivity index (χ3n) is 5.41. The van der Waals surface area contributed by atoms with Gasteiger partial charge in [0, 0.05) is 50.0 Å². The van der Waals surface area contributed by atoms with Crippen molar-refractivity contribution < 1.29 is 13.9 Å². The monoisotopic (exact) mass is 418 g/mol. The van der Waals surface area contributed by atoms with Crippen LogP contribution >= 0.6 is 0 Å². The summed E-state index contributed by atoms with van der Waals surface area (Å²) in [6, 6.07) is 9.33. The SMILES string of the molecule is COc1cccc2cc(C(=O)N3CCN(c4cc(-n5ccnc5)nc(C)n4)CC3)oc12. The highest BCUT2D eigenvalue weighted by Crippen LogP contribution is 2.29. The second kappa shape index (κ2) is 7.75. The summed E-state index contributed by atoms with van der Waals surface area (Å²) in [6.07, 6.45) is 5.28. The van der Waals surface area contributed by atoms with Gasteiger partial charge in [-0.3, -0.25) is 9.36 Å². The molecule has 0 bridgehead atoms. The number of rotatable bonds is 4. The molecule has 1 aliphatic rings. The van der Waals surface area contributed by atoms with Gasteiger partial charge < -0.3 is 19.0 Å². The number of amides is 1. The van der Waals surface area contributed by atoms with Gasteiger partial charge >= 0.3 is 0 Å². The summed E-state index contributed by atoms with van der Waals surface area (Å²) in [4.78, 5) is 30.1. The minimum absolute atomic E-state index is 0.115.